The maximum absolute atomic E-state index is 14.2. The van der Waals surface area contributed by atoms with Gasteiger partial charge in [-0.25, -0.2) is 22.0 Å². The number of carbonyl (C=O) groups excluding carboxylic acids is 2. The van der Waals surface area contributed by atoms with Crippen molar-refractivity contribution in [2.45, 2.75) is 6.92 Å². The SMILES string of the molecule is CCOC(=O)C(C=Nc1ccc(F)cc1F)C(=O)c1cc(F)c(F)c(Br)c1F. The number of nitrogens with zero attached hydrogens (tertiary/aromatic N) is 1. The Labute approximate surface area is 164 Å². The van der Waals surface area contributed by atoms with E-state index < -0.39 is 62.5 Å². The Bertz CT molecular complexity index is 965. The zero-order valence-corrected chi connectivity index (χ0v) is 15.7. The lowest BCUT2D eigenvalue weighted by Gasteiger charge is -2.12. The highest BCUT2D eigenvalue weighted by Gasteiger charge is 2.32. The summed E-state index contributed by atoms with van der Waals surface area (Å²) in [6.07, 6.45) is 0.658. The number of ketones is 1. The molecule has 10 heteroatoms. The first-order valence-corrected chi connectivity index (χ1v) is 8.49. The number of carbonyl (C=O) groups is 2. The fraction of sp³-hybridized carbons (Fsp3) is 0.167. The second-order valence-corrected chi connectivity index (χ2v) is 6.11. The molecule has 148 valence electrons. The number of Topliss-reactive ketones (excluding diaryl/α,β-unsaturated/α-hetero) is 1. The molecule has 0 radical (unpaired) electrons. The quantitative estimate of drug-likeness (QED) is 0.116. The maximum atomic E-state index is 14.2. The van der Waals surface area contributed by atoms with Gasteiger partial charge in [0.15, 0.2) is 35.0 Å². The van der Waals surface area contributed by atoms with Crippen LogP contribution in [0.15, 0.2) is 33.7 Å². The van der Waals surface area contributed by atoms with Crippen molar-refractivity contribution in [2.24, 2.45) is 10.9 Å². The van der Waals surface area contributed by atoms with Crippen molar-refractivity contribution < 1.29 is 36.3 Å². The van der Waals surface area contributed by atoms with Crippen LogP contribution in [0.5, 0.6) is 0 Å². The van der Waals surface area contributed by atoms with Crippen LogP contribution in [-0.4, -0.2) is 24.6 Å². The normalized spacial score (nSPS) is 12.2. The van der Waals surface area contributed by atoms with E-state index in [2.05, 4.69) is 20.9 Å². The molecule has 0 aliphatic heterocycles. The van der Waals surface area contributed by atoms with Gasteiger partial charge in [0, 0.05) is 12.3 Å². The Hall–Kier alpha value is -2.62. The molecule has 0 saturated carbocycles. The second kappa shape index (κ2) is 9.05. The van der Waals surface area contributed by atoms with Crippen molar-refractivity contribution in [3.8, 4) is 0 Å². The molecule has 2 aromatic carbocycles. The summed E-state index contributed by atoms with van der Waals surface area (Å²) in [4.78, 5) is 28.2. The van der Waals surface area contributed by atoms with Crippen LogP contribution in [0.1, 0.15) is 17.3 Å². The topological polar surface area (TPSA) is 55.7 Å². The highest BCUT2D eigenvalue weighted by Crippen LogP contribution is 2.27. The first-order chi connectivity index (χ1) is 13.2. The molecule has 0 amide bonds. The minimum Gasteiger partial charge on any atom is -0.465 e. The van der Waals surface area contributed by atoms with Crippen LogP contribution < -0.4 is 0 Å². The third-order valence-electron chi connectivity index (χ3n) is 3.46. The van der Waals surface area contributed by atoms with Crippen molar-refractivity contribution in [3.05, 3.63) is 63.4 Å². The summed E-state index contributed by atoms with van der Waals surface area (Å²) in [5, 5.41) is 0. The fourth-order valence-corrected chi connectivity index (χ4v) is 2.53. The third-order valence-corrected chi connectivity index (χ3v) is 4.16. The van der Waals surface area contributed by atoms with E-state index in [0.717, 1.165) is 12.1 Å². The van der Waals surface area contributed by atoms with Crippen molar-refractivity contribution in [3.63, 3.8) is 0 Å². The van der Waals surface area contributed by atoms with E-state index in [4.69, 9.17) is 4.74 Å². The van der Waals surface area contributed by atoms with E-state index in [1.54, 1.807) is 0 Å². The number of aliphatic imine (C=N–C) groups is 1. The molecule has 4 nitrogen and oxygen atoms in total. The van der Waals surface area contributed by atoms with Crippen molar-refractivity contribution in [1.82, 2.24) is 0 Å². The highest BCUT2D eigenvalue weighted by molar-refractivity contribution is 9.10. The Kier molecular flexibility index (Phi) is 7.00. The molecule has 0 bridgehead atoms. The molecule has 1 atom stereocenters. The van der Waals surface area contributed by atoms with Gasteiger partial charge in [-0.2, -0.15) is 0 Å². The zero-order chi connectivity index (χ0) is 21.0. The van der Waals surface area contributed by atoms with E-state index in [-0.39, 0.29) is 12.7 Å². The van der Waals surface area contributed by atoms with E-state index in [0.29, 0.717) is 12.3 Å². The number of benzene rings is 2. The van der Waals surface area contributed by atoms with E-state index in [1.165, 1.54) is 6.92 Å². The fourth-order valence-electron chi connectivity index (χ4n) is 2.13. The monoisotopic (exact) mass is 463 g/mol. The van der Waals surface area contributed by atoms with Gasteiger partial charge in [-0.05, 0) is 41.1 Å². The van der Waals surface area contributed by atoms with Gasteiger partial charge in [-0.15, -0.1) is 0 Å². The number of hydrogen-bond acceptors (Lipinski definition) is 4. The lowest BCUT2D eigenvalue weighted by atomic mass is 9.98. The summed E-state index contributed by atoms with van der Waals surface area (Å²) in [6, 6.07) is 2.65. The van der Waals surface area contributed by atoms with Crippen LogP contribution in [-0.2, 0) is 9.53 Å². The average molecular weight is 464 g/mol. The molecule has 0 N–H and O–H groups in total. The molecule has 0 spiro atoms. The van der Waals surface area contributed by atoms with Crippen molar-refractivity contribution in [1.29, 1.82) is 0 Å². The van der Waals surface area contributed by atoms with Crippen molar-refractivity contribution >= 4 is 39.6 Å². The van der Waals surface area contributed by atoms with Gasteiger partial charge < -0.3 is 4.74 Å². The smallest absolute Gasteiger partial charge is 0.322 e. The minimum absolute atomic E-state index is 0.148. The van der Waals surface area contributed by atoms with Crippen LogP contribution >= 0.6 is 15.9 Å². The first-order valence-electron chi connectivity index (χ1n) is 7.70. The number of esters is 1. The molecular weight excluding hydrogens is 453 g/mol. The maximum Gasteiger partial charge on any atom is 0.322 e. The van der Waals surface area contributed by atoms with Gasteiger partial charge in [-0.3, -0.25) is 14.6 Å². The molecule has 2 rings (SSSR count). The number of rotatable bonds is 6. The average Bonchev–Trinajstić information content (AvgIpc) is 2.64. The largest absolute Gasteiger partial charge is 0.465 e. The number of ether oxygens (including phenoxy) is 1. The third kappa shape index (κ3) is 4.61. The Morgan fingerprint density at radius 2 is 1.79 bits per heavy atom. The molecule has 1 unspecified atom stereocenters. The standard InChI is InChI=1S/C18H11BrF5NO3/c1-2-28-18(27)10(7-25-13-4-3-8(20)5-11(13)21)17(26)9-6-12(22)16(24)14(19)15(9)23/h3-7,10H,2H2,1H3. The number of halogens is 6. The molecular formula is C18H11BrF5NO3. The Morgan fingerprint density at radius 1 is 1.11 bits per heavy atom. The summed E-state index contributed by atoms with van der Waals surface area (Å²) < 4.78 is 71.6. The van der Waals surface area contributed by atoms with Gasteiger partial charge in [0.2, 0.25) is 0 Å². The summed E-state index contributed by atoms with van der Waals surface area (Å²) in [5.74, 6) is -10.8. The second-order valence-electron chi connectivity index (χ2n) is 5.32. The molecule has 0 saturated heterocycles. The molecule has 0 aliphatic rings. The predicted octanol–water partition coefficient (Wildman–Crippen LogP) is 4.91. The van der Waals surface area contributed by atoms with E-state index >= 15 is 0 Å². The van der Waals surface area contributed by atoms with E-state index in [9.17, 15) is 31.5 Å². The number of hydrogen-bond donors (Lipinski definition) is 0. The van der Waals surface area contributed by atoms with Crippen molar-refractivity contribution in [2.75, 3.05) is 6.61 Å². The van der Waals surface area contributed by atoms with Gasteiger partial charge in [0.25, 0.3) is 0 Å². The molecule has 2 aromatic rings. The highest BCUT2D eigenvalue weighted by atomic mass is 79.9. The van der Waals surface area contributed by atoms with Gasteiger partial charge in [0.05, 0.1) is 22.3 Å². The van der Waals surface area contributed by atoms with Crippen LogP contribution in [0.3, 0.4) is 0 Å². The van der Waals surface area contributed by atoms with Crippen LogP contribution in [0.4, 0.5) is 27.6 Å². The van der Waals surface area contributed by atoms with Crippen LogP contribution in [0.25, 0.3) is 0 Å². The summed E-state index contributed by atoms with van der Waals surface area (Å²) in [5.41, 5.74) is -1.34. The lowest BCUT2D eigenvalue weighted by Crippen LogP contribution is -2.28. The summed E-state index contributed by atoms with van der Waals surface area (Å²) in [6.45, 7) is 1.29. The summed E-state index contributed by atoms with van der Waals surface area (Å²) >= 11 is 2.48. The van der Waals surface area contributed by atoms with Crippen LogP contribution in [0.2, 0.25) is 0 Å². The summed E-state index contributed by atoms with van der Waals surface area (Å²) in [7, 11) is 0. The molecule has 0 fully saturated rings. The first kappa shape index (κ1) is 21.7. The molecule has 0 aliphatic carbocycles. The molecule has 28 heavy (non-hydrogen) atoms. The molecule has 0 aromatic heterocycles. The van der Waals surface area contributed by atoms with Gasteiger partial charge in [0.1, 0.15) is 5.82 Å². The zero-order valence-electron chi connectivity index (χ0n) is 14.1. The van der Waals surface area contributed by atoms with E-state index in [1.807, 2.05) is 0 Å². The Morgan fingerprint density at radius 3 is 2.39 bits per heavy atom. The molecule has 0 heterocycles. The van der Waals surface area contributed by atoms with Gasteiger partial charge >= 0.3 is 5.97 Å². The van der Waals surface area contributed by atoms with Crippen LogP contribution in [0, 0.1) is 35.0 Å². The lowest BCUT2D eigenvalue weighted by molar-refractivity contribution is -0.143. The minimum atomic E-state index is -1.88. The Balaban J connectivity index is 2.48. The predicted molar refractivity (Wildman–Crippen MR) is 93.0 cm³/mol. The van der Waals surface area contributed by atoms with Gasteiger partial charge in [-0.1, -0.05) is 0 Å².